The van der Waals surface area contributed by atoms with Crippen LogP contribution in [-0.2, 0) is 16.0 Å². The van der Waals surface area contributed by atoms with E-state index >= 15 is 0 Å². The summed E-state index contributed by atoms with van der Waals surface area (Å²) in [6.45, 7) is 6.01. The van der Waals surface area contributed by atoms with Crippen LogP contribution in [0.1, 0.15) is 28.9 Å². The predicted octanol–water partition coefficient (Wildman–Crippen LogP) is 3.81. The summed E-state index contributed by atoms with van der Waals surface area (Å²) in [5.74, 6) is 0.909. The quantitative estimate of drug-likeness (QED) is 0.612. The molecule has 0 saturated heterocycles. The van der Waals surface area contributed by atoms with E-state index in [1.807, 2.05) is 37.5 Å². The number of rotatable bonds is 5. The SMILES string of the molecule is Cc1ccc(C)c(-n2c(C)nnc2SCC(=O)Nc2ccc3c(c2)CCC(=O)N3)c1. The van der Waals surface area contributed by atoms with Gasteiger partial charge in [-0.2, -0.15) is 0 Å². The average molecular weight is 422 g/mol. The number of hydrogen-bond donors (Lipinski definition) is 2. The first-order valence-corrected chi connectivity index (χ1v) is 10.7. The Bertz CT molecular complexity index is 1140. The average Bonchev–Trinajstić information content (AvgIpc) is 3.08. The van der Waals surface area contributed by atoms with Crippen LogP contribution >= 0.6 is 11.8 Å². The Morgan fingerprint density at radius 3 is 2.80 bits per heavy atom. The zero-order valence-corrected chi connectivity index (χ0v) is 18.0. The van der Waals surface area contributed by atoms with E-state index in [-0.39, 0.29) is 17.6 Å². The number of hydrogen-bond acceptors (Lipinski definition) is 5. The number of carbonyl (C=O) groups excluding carboxylic acids is 2. The number of anilines is 2. The summed E-state index contributed by atoms with van der Waals surface area (Å²) in [7, 11) is 0. The molecule has 0 radical (unpaired) electrons. The second-order valence-electron chi connectivity index (χ2n) is 7.41. The molecule has 2 aromatic carbocycles. The van der Waals surface area contributed by atoms with Crippen LogP contribution in [0, 0.1) is 20.8 Å². The number of nitrogens with one attached hydrogen (secondary N) is 2. The van der Waals surface area contributed by atoms with Crippen LogP contribution in [-0.4, -0.2) is 32.3 Å². The molecule has 0 aliphatic carbocycles. The third-order valence-corrected chi connectivity index (χ3v) is 5.95. The smallest absolute Gasteiger partial charge is 0.234 e. The standard InChI is InChI=1S/C22H23N5O2S/c1-13-4-5-14(2)19(10-13)27-15(3)25-26-22(27)30-12-21(29)23-17-7-8-18-16(11-17)6-9-20(28)24-18/h4-5,7-8,10-11H,6,9,12H2,1-3H3,(H,23,29)(H,24,28). The lowest BCUT2D eigenvalue weighted by Gasteiger charge is -2.17. The summed E-state index contributed by atoms with van der Waals surface area (Å²) in [6, 6.07) is 11.8. The minimum absolute atomic E-state index is 0.0268. The molecular weight excluding hydrogens is 398 g/mol. The van der Waals surface area contributed by atoms with Gasteiger partial charge in [-0.15, -0.1) is 10.2 Å². The van der Waals surface area contributed by atoms with Crippen LogP contribution < -0.4 is 10.6 Å². The van der Waals surface area contributed by atoms with Gasteiger partial charge >= 0.3 is 0 Å². The predicted molar refractivity (Wildman–Crippen MR) is 118 cm³/mol. The van der Waals surface area contributed by atoms with Crippen LogP contribution in [0.3, 0.4) is 0 Å². The molecule has 2 amide bonds. The fourth-order valence-electron chi connectivity index (χ4n) is 3.46. The molecule has 1 aliphatic rings. The van der Waals surface area contributed by atoms with Gasteiger partial charge in [0.2, 0.25) is 11.8 Å². The molecule has 0 unspecified atom stereocenters. The minimum Gasteiger partial charge on any atom is -0.326 e. The zero-order chi connectivity index (χ0) is 21.3. The molecule has 0 spiro atoms. The van der Waals surface area contributed by atoms with Crippen molar-refractivity contribution in [3.05, 3.63) is 58.9 Å². The molecule has 0 saturated carbocycles. The molecule has 3 aromatic rings. The number of amides is 2. The number of aromatic nitrogens is 3. The lowest BCUT2D eigenvalue weighted by molar-refractivity contribution is -0.116. The Morgan fingerprint density at radius 1 is 1.13 bits per heavy atom. The van der Waals surface area contributed by atoms with Gasteiger partial charge in [0.05, 0.1) is 11.4 Å². The molecule has 1 aromatic heterocycles. The van der Waals surface area contributed by atoms with Crippen LogP contribution in [0.15, 0.2) is 41.6 Å². The van der Waals surface area contributed by atoms with Gasteiger partial charge in [-0.05, 0) is 68.1 Å². The fraction of sp³-hybridized carbons (Fsp3) is 0.273. The highest BCUT2D eigenvalue weighted by Crippen LogP contribution is 2.27. The normalized spacial score (nSPS) is 13.0. The first-order chi connectivity index (χ1) is 14.4. The minimum atomic E-state index is -0.118. The Kier molecular flexibility index (Phi) is 5.59. The van der Waals surface area contributed by atoms with E-state index in [1.165, 1.54) is 11.8 Å². The molecule has 4 rings (SSSR count). The van der Waals surface area contributed by atoms with Crippen molar-refractivity contribution in [2.24, 2.45) is 0 Å². The topological polar surface area (TPSA) is 88.9 Å². The summed E-state index contributed by atoms with van der Waals surface area (Å²) in [4.78, 5) is 24.0. The maximum Gasteiger partial charge on any atom is 0.234 e. The van der Waals surface area contributed by atoms with Gasteiger partial charge in [0, 0.05) is 17.8 Å². The van der Waals surface area contributed by atoms with E-state index < -0.39 is 0 Å². The number of nitrogens with zero attached hydrogens (tertiary/aromatic N) is 3. The van der Waals surface area contributed by atoms with E-state index in [1.54, 1.807) is 6.07 Å². The first-order valence-electron chi connectivity index (χ1n) is 9.76. The van der Waals surface area contributed by atoms with Crippen molar-refractivity contribution < 1.29 is 9.59 Å². The zero-order valence-electron chi connectivity index (χ0n) is 17.2. The Hall–Kier alpha value is -3.13. The number of fused-ring (bicyclic) bond motifs is 1. The van der Waals surface area contributed by atoms with Crippen molar-refractivity contribution in [3.63, 3.8) is 0 Å². The van der Waals surface area contributed by atoms with Crippen LogP contribution in [0.2, 0.25) is 0 Å². The number of thioether (sulfide) groups is 1. The van der Waals surface area contributed by atoms with E-state index in [2.05, 4.69) is 39.0 Å². The molecule has 0 atom stereocenters. The monoisotopic (exact) mass is 421 g/mol. The Labute approximate surface area is 179 Å². The van der Waals surface area contributed by atoms with Crippen molar-refractivity contribution in [2.75, 3.05) is 16.4 Å². The number of carbonyl (C=O) groups is 2. The maximum atomic E-state index is 12.5. The van der Waals surface area contributed by atoms with Gasteiger partial charge in [-0.1, -0.05) is 23.9 Å². The molecule has 8 heteroatoms. The summed E-state index contributed by atoms with van der Waals surface area (Å²) in [5, 5.41) is 14.9. The van der Waals surface area contributed by atoms with Crippen LogP contribution in [0.5, 0.6) is 0 Å². The Balaban J connectivity index is 1.45. The van der Waals surface area contributed by atoms with Crippen molar-refractivity contribution in [1.29, 1.82) is 0 Å². The molecule has 0 fully saturated rings. The highest BCUT2D eigenvalue weighted by atomic mass is 32.2. The van der Waals surface area contributed by atoms with Crippen LogP contribution in [0.4, 0.5) is 11.4 Å². The van der Waals surface area contributed by atoms with Crippen molar-refractivity contribution >= 4 is 35.0 Å². The highest BCUT2D eigenvalue weighted by Gasteiger charge is 2.17. The fourth-order valence-corrected chi connectivity index (χ4v) is 4.25. The molecular formula is C22H23N5O2S. The van der Waals surface area contributed by atoms with Crippen LogP contribution in [0.25, 0.3) is 5.69 Å². The second-order valence-corrected chi connectivity index (χ2v) is 8.35. The maximum absolute atomic E-state index is 12.5. The second kappa shape index (κ2) is 8.31. The first kappa shape index (κ1) is 20.2. The van der Waals surface area contributed by atoms with Gasteiger partial charge < -0.3 is 10.6 Å². The summed E-state index contributed by atoms with van der Waals surface area (Å²) >= 11 is 1.35. The molecule has 7 nitrogen and oxygen atoms in total. The highest BCUT2D eigenvalue weighted by molar-refractivity contribution is 7.99. The summed E-state index contributed by atoms with van der Waals surface area (Å²) in [5.41, 5.74) is 5.87. The van der Waals surface area contributed by atoms with Crippen molar-refractivity contribution in [3.8, 4) is 5.69 Å². The van der Waals surface area contributed by atoms with Crippen molar-refractivity contribution in [1.82, 2.24) is 14.8 Å². The molecule has 2 N–H and O–H groups in total. The summed E-state index contributed by atoms with van der Waals surface area (Å²) in [6.07, 6.45) is 1.14. The van der Waals surface area contributed by atoms with Gasteiger partial charge in [0.15, 0.2) is 5.16 Å². The number of benzene rings is 2. The number of aryl methyl sites for hydroxylation is 4. The van der Waals surface area contributed by atoms with E-state index in [0.29, 0.717) is 18.0 Å². The lowest BCUT2D eigenvalue weighted by atomic mass is 10.0. The molecule has 2 heterocycles. The van der Waals surface area contributed by atoms with E-state index in [0.717, 1.165) is 39.6 Å². The van der Waals surface area contributed by atoms with Crippen molar-refractivity contribution in [2.45, 2.75) is 38.8 Å². The van der Waals surface area contributed by atoms with Gasteiger partial charge in [-0.25, -0.2) is 0 Å². The van der Waals surface area contributed by atoms with E-state index in [4.69, 9.17) is 0 Å². The van der Waals surface area contributed by atoms with E-state index in [9.17, 15) is 9.59 Å². The molecule has 30 heavy (non-hydrogen) atoms. The largest absolute Gasteiger partial charge is 0.326 e. The Morgan fingerprint density at radius 2 is 1.97 bits per heavy atom. The third-order valence-electron chi connectivity index (χ3n) is 5.02. The lowest BCUT2D eigenvalue weighted by Crippen LogP contribution is -2.20. The molecule has 0 bridgehead atoms. The molecule has 1 aliphatic heterocycles. The third kappa shape index (κ3) is 4.23. The van der Waals surface area contributed by atoms with Gasteiger partial charge in [0.1, 0.15) is 5.82 Å². The summed E-state index contributed by atoms with van der Waals surface area (Å²) < 4.78 is 1.99. The van der Waals surface area contributed by atoms with Gasteiger partial charge in [-0.3, -0.25) is 14.2 Å². The van der Waals surface area contributed by atoms with Gasteiger partial charge in [0.25, 0.3) is 0 Å². The molecule has 154 valence electrons.